The number of aliphatic hydroxyl groups excluding tert-OH is 1. The maximum absolute atomic E-state index is 10.1. The second-order valence-corrected chi connectivity index (χ2v) is 10.8. The van der Waals surface area contributed by atoms with E-state index in [2.05, 4.69) is 37.2 Å². The average molecular weight is 260 g/mol. The van der Waals surface area contributed by atoms with E-state index in [1.165, 1.54) is 4.70 Å². The number of thiophene rings is 1. The lowest BCUT2D eigenvalue weighted by molar-refractivity contribution is 0.240. The normalized spacial score (nSPS) is 13.2. The number of fused-ring (bicyclic) bond motifs is 1. The second kappa shape index (κ2) is 4.65. The third kappa shape index (κ3) is 2.98. The molecular formula is C14H16OSSi. The molecule has 1 N–H and O–H groups in total. The lowest BCUT2D eigenvalue weighted by atomic mass is 10.1. The first kappa shape index (κ1) is 12.4. The molecular weight excluding hydrogens is 244 g/mol. The third-order valence-electron chi connectivity index (χ3n) is 2.39. The van der Waals surface area contributed by atoms with Crippen LogP contribution < -0.4 is 0 Å². The largest absolute Gasteiger partial charge is 0.376 e. The maximum Gasteiger partial charge on any atom is 0.141 e. The number of hydrogen-bond donors (Lipinski definition) is 1. The van der Waals surface area contributed by atoms with Crippen molar-refractivity contribution >= 4 is 29.5 Å². The van der Waals surface area contributed by atoms with E-state index in [0.717, 1.165) is 10.9 Å². The van der Waals surface area contributed by atoms with E-state index in [9.17, 15) is 5.11 Å². The summed E-state index contributed by atoms with van der Waals surface area (Å²) in [6, 6.07) is 8.13. The Hall–Kier alpha value is -1.08. The van der Waals surface area contributed by atoms with Crippen molar-refractivity contribution < 1.29 is 5.11 Å². The van der Waals surface area contributed by atoms with Crippen molar-refractivity contribution in [3.05, 3.63) is 35.2 Å². The fourth-order valence-electron chi connectivity index (χ4n) is 1.57. The Morgan fingerprint density at radius 2 is 1.94 bits per heavy atom. The summed E-state index contributed by atoms with van der Waals surface area (Å²) in [5.74, 6) is 2.99. The van der Waals surface area contributed by atoms with Crippen LogP contribution in [0.4, 0.5) is 0 Å². The highest BCUT2D eigenvalue weighted by Crippen LogP contribution is 2.29. The summed E-state index contributed by atoms with van der Waals surface area (Å²) in [4.78, 5) is 0. The summed E-state index contributed by atoms with van der Waals surface area (Å²) >= 11 is 1.66. The van der Waals surface area contributed by atoms with Crippen LogP contribution in [0.25, 0.3) is 10.1 Å². The average Bonchev–Trinajstić information content (AvgIpc) is 2.68. The van der Waals surface area contributed by atoms with Gasteiger partial charge in [0.1, 0.15) is 14.2 Å². The molecule has 1 aromatic carbocycles. The van der Waals surface area contributed by atoms with E-state index in [-0.39, 0.29) is 0 Å². The van der Waals surface area contributed by atoms with Crippen molar-refractivity contribution in [1.82, 2.24) is 0 Å². The summed E-state index contributed by atoms with van der Waals surface area (Å²) < 4.78 is 1.20. The van der Waals surface area contributed by atoms with Crippen molar-refractivity contribution in [3.63, 3.8) is 0 Å². The molecule has 0 aliphatic heterocycles. The molecule has 1 aromatic heterocycles. The van der Waals surface area contributed by atoms with E-state index in [0.29, 0.717) is 0 Å². The fourth-order valence-corrected chi connectivity index (χ4v) is 3.12. The van der Waals surface area contributed by atoms with Crippen LogP contribution in [0.2, 0.25) is 19.6 Å². The molecule has 17 heavy (non-hydrogen) atoms. The first-order valence-electron chi connectivity index (χ1n) is 5.64. The smallest absolute Gasteiger partial charge is 0.141 e. The van der Waals surface area contributed by atoms with Crippen molar-refractivity contribution in [2.45, 2.75) is 25.7 Å². The summed E-state index contributed by atoms with van der Waals surface area (Å²) in [6.45, 7) is 6.54. The van der Waals surface area contributed by atoms with Crippen molar-refractivity contribution in [2.75, 3.05) is 0 Å². The Morgan fingerprint density at radius 3 is 2.65 bits per heavy atom. The van der Waals surface area contributed by atoms with Crippen LogP contribution >= 0.6 is 11.3 Å². The molecule has 0 fully saturated rings. The highest BCUT2D eigenvalue weighted by molar-refractivity contribution is 7.17. The molecule has 1 heterocycles. The first-order chi connectivity index (χ1) is 7.97. The van der Waals surface area contributed by atoms with Gasteiger partial charge in [-0.15, -0.1) is 16.9 Å². The molecule has 0 aliphatic rings. The zero-order valence-electron chi connectivity index (χ0n) is 10.3. The lowest BCUT2D eigenvalue weighted by Gasteiger charge is -2.06. The minimum atomic E-state index is -1.42. The van der Waals surface area contributed by atoms with Gasteiger partial charge in [0, 0.05) is 10.3 Å². The SMILES string of the molecule is C[Si](C)(C)C#CC(O)c1csc2ccccc12. The lowest BCUT2D eigenvalue weighted by Crippen LogP contribution is -2.16. The molecule has 0 amide bonds. The maximum atomic E-state index is 10.1. The van der Waals surface area contributed by atoms with Crippen LogP contribution in [-0.2, 0) is 0 Å². The Labute approximate surface area is 107 Å². The summed E-state index contributed by atoms with van der Waals surface area (Å²) in [7, 11) is -1.42. The standard InChI is InChI=1S/C14H16OSSi/c1-17(2,3)9-8-13(15)12-10-16-14-7-5-4-6-11(12)14/h4-7,10,13,15H,1-3H3. The molecule has 1 nitrogen and oxygen atoms in total. The number of hydrogen-bond acceptors (Lipinski definition) is 2. The van der Waals surface area contributed by atoms with Gasteiger partial charge in [-0.2, -0.15) is 0 Å². The summed E-state index contributed by atoms with van der Waals surface area (Å²) in [5, 5.41) is 13.3. The summed E-state index contributed by atoms with van der Waals surface area (Å²) in [5.41, 5.74) is 4.16. The third-order valence-corrected chi connectivity index (χ3v) is 4.27. The van der Waals surface area contributed by atoms with E-state index in [1.807, 2.05) is 23.6 Å². The fraction of sp³-hybridized carbons (Fsp3) is 0.286. The molecule has 0 saturated heterocycles. The molecule has 0 spiro atoms. The van der Waals surface area contributed by atoms with E-state index in [4.69, 9.17) is 0 Å². The highest BCUT2D eigenvalue weighted by Gasteiger charge is 2.12. The van der Waals surface area contributed by atoms with Gasteiger partial charge >= 0.3 is 0 Å². The molecule has 0 radical (unpaired) electrons. The molecule has 2 rings (SSSR count). The Kier molecular flexibility index (Phi) is 3.39. The van der Waals surface area contributed by atoms with Gasteiger partial charge in [-0.05, 0) is 16.8 Å². The summed E-state index contributed by atoms with van der Waals surface area (Å²) in [6.07, 6.45) is -0.655. The molecule has 1 atom stereocenters. The molecule has 2 aromatic rings. The quantitative estimate of drug-likeness (QED) is 0.610. The van der Waals surface area contributed by atoms with E-state index < -0.39 is 14.2 Å². The number of benzene rings is 1. The Bertz CT molecular complexity index is 583. The van der Waals surface area contributed by atoms with Gasteiger partial charge < -0.3 is 5.11 Å². The van der Waals surface area contributed by atoms with Crippen LogP contribution in [0.15, 0.2) is 29.6 Å². The molecule has 3 heteroatoms. The molecule has 0 saturated carbocycles. The molecule has 0 aliphatic carbocycles. The van der Waals surface area contributed by atoms with E-state index >= 15 is 0 Å². The van der Waals surface area contributed by atoms with Gasteiger partial charge in [-0.1, -0.05) is 43.8 Å². The van der Waals surface area contributed by atoms with Crippen LogP contribution in [0.5, 0.6) is 0 Å². The van der Waals surface area contributed by atoms with Gasteiger partial charge in [0.25, 0.3) is 0 Å². The topological polar surface area (TPSA) is 20.2 Å². The zero-order valence-corrected chi connectivity index (χ0v) is 12.1. The monoisotopic (exact) mass is 260 g/mol. The van der Waals surface area contributed by atoms with Crippen LogP contribution in [0.1, 0.15) is 11.7 Å². The molecule has 0 bridgehead atoms. The second-order valence-electron chi connectivity index (χ2n) is 5.11. The van der Waals surface area contributed by atoms with Gasteiger partial charge in [-0.25, -0.2) is 0 Å². The van der Waals surface area contributed by atoms with Crippen LogP contribution in [0, 0.1) is 11.5 Å². The Morgan fingerprint density at radius 1 is 1.24 bits per heavy atom. The Balaban J connectivity index is 2.36. The molecule has 88 valence electrons. The van der Waals surface area contributed by atoms with Gasteiger partial charge in [0.05, 0.1) is 0 Å². The van der Waals surface area contributed by atoms with Gasteiger partial charge in [0.15, 0.2) is 0 Å². The number of rotatable bonds is 1. The minimum absolute atomic E-state index is 0.655. The highest BCUT2D eigenvalue weighted by atomic mass is 32.1. The van der Waals surface area contributed by atoms with Gasteiger partial charge in [-0.3, -0.25) is 0 Å². The molecule has 1 unspecified atom stereocenters. The van der Waals surface area contributed by atoms with Crippen molar-refractivity contribution in [2.24, 2.45) is 0 Å². The first-order valence-corrected chi connectivity index (χ1v) is 10.0. The van der Waals surface area contributed by atoms with Crippen LogP contribution in [-0.4, -0.2) is 13.2 Å². The van der Waals surface area contributed by atoms with Gasteiger partial charge in [0.2, 0.25) is 0 Å². The predicted molar refractivity (Wildman–Crippen MR) is 77.9 cm³/mol. The van der Waals surface area contributed by atoms with Crippen molar-refractivity contribution in [3.8, 4) is 11.5 Å². The zero-order chi connectivity index (χ0) is 12.5. The van der Waals surface area contributed by atoms with Crippen molar-refractivity contribution in [1.29, 1.82) is 0 Å². The van der Waals surface area contributed by atoms with E-state index in [1.54, 1.807) is 11.3 Å². The van der Waals surface area contributed by atoms with Crippen LogP contribution in [0.3, 0.4) is 0 Å². The predicted octanol–water partition coefficient (Wildman–Crippen LogP) is 3.82. The number of aliphatic hydroxyl groups is 1. The minimum Gasteiger partial charge on any atom is -0.376 e.